The van der Waals surface area contributed by atoms with Gasteiger partial charge in [-0.2, -0.15) is 0 Å². The molecule has 0 radical (unpaired) electrons. The minimum Gasteiger partial charge on any atom is -0.396 e. The third kappa shape index (κ3) is 3.67. The summed E-state index contributed by atoms with van der Waals surface area (Å²) < 4.78 is 12.5. The number of halogens is 1. The molecule has 0 aliphatic heterocycles. The van der Waals surface area contributed by atoms with Crippen molar-refractivity contribution in [3.05, 3.63) is 0 Å². The van der Waals surface area contributed by atoms with Crippen LogP contribution in [0.1, 0.15) is 52.9 Å². The lowest BCUT2D eigenvalue weighted by Gasteiger charge is -2.27. The van der Waals surface area contributed by atoms with E-state index >= 15 is 0 Å². The maximum atomic E-state index is 12.5. The molecule has 3 heteroatoms. The Morgan fingerprint density at radius 1 is 1.00 bits per heavy atom. The molecular weight excluding hydrogens is 231 g/mol. The molecule has 2 saturated carbocycles. The fraction of sp³-hybridized carbons (Fsp3) is 1.00. The molecule has 2 bridgehead atoms. The Bertz CT molecular complexity index is 221. The van der Waals surface area contributed by atoms with E-state index in [2.05, 4.69) is 0 Å². The first kappa shape index (κ1) is 15.9. The first-order valence-electron chi connectivity index (χ1n) is 7.39. The van der Waals surface area contributed by atoms with Gasteiger partial charge < -0.3 is 10.2 Å². The zero-order valence-electron chi connectivity index (χ0n) is 12.0. The third-order valence-electron chi connectivity index (χ3n) is 5.17. The highest BCUT2D eigenvalue weighted by Crippen LogP contribution is 2.51. The molecular formula is C15H29FO2. The van der Waals surface area contributed by atoms with Gasteiger partial charge in [0.1, 0.15) is 5.67 Å². The van der Waals surface area contributed by atoms with Crippen molar-refractivity contribution in [2.45, 2.75) is 58.5 Å². The van der Waals surface area contributed by atoms with E-state index in [1.807, 2.05) is 13.8 Å². The normalized spacial score (nSPS) is 34.3. The average Bonchev–Trinajstić information content (AvgIpc) is 2.98. The predicted molar refractivity (Wildman–Crippen MR) is 72.1 cm³/mol. The predicted octanol–water partition coefficient (Wildman–Crippen LogP) is 3.17. The van der Waals surface area contributed by atoms with Gasteiger partial charge in [0, 0.05) is 13.2 Å². The van der Waals surface area contributed by atoms with Gasteiger partial charge in [-0.3, -0.25) is 0 Å². The van der Waals surface area contributed by atoms with E-state index in [1.54, 1.807) is 6.92 Å². The van der Waals surface area contributed by atoms with Crippen molar-refractivity contribution in [3.63, 3.8) is 0 Å². The monoisotopic (exact) mass is 260 g/mol. The molecule has 0 heterocycles. The van der Waals surface area contributed by atoms with Crippen LogP contribution in [-0.4, -0.2) is 29.1 Å². The van der Waals surface area contributed by atoms with Gasteiger partial charge in [-0.1, -0.05) is 13.8 Å². The Balaban J connectivity index is 0.000000203. The molecule has 2 fully saturated rings. The van der Waals surface area contributed by atoms with Gasteiger partial charge in [0.25, 0.3) is 0 Å². The van der Waals surface area contributed by atoms with Crippen LogP contribution in [0.15, 0.2) is 0 Å². The molecule has 0 aromatic carbocycles. The average molecular weight is 260 g/mol. The van der Waals surface area contributed by atoms with Crippen molar-refractivity contribution >= 4 is 0 Å². The van der Waals surface area contributed by atoms with Crippen molar-refractivity contribution in [1.29, 1.82) is 0 Å². The maximum absolute atomic E-state index is 12.5. The second-order valence-electron chi connectivity index (χ2n) is 6.15. The summed E-state index contributed by atoms with van der Waals surface area (Å²) in [6.45, 7) is 5.93. The van der Waals surface area contributed by atoms with E-state index in [1.165, 1.54) is 19.3 Å². The maximum Gasteiger partial charge on any atom is 0.107 e. The summed E-state index contributed by atoms with van der Waals surface area (Å²) in [5.74, 6) is 2.28. The number of hydrogen-bond donors (Lipinski definition) is 2. The fourth-order valence-corrected chi connectivity index (χ4v) is 3.35. The van der Waals surface area contributed by atoms with Gasteiger partial charge in [-0.15, -0.1) is 0 Å². The molecule has 2 aliphatic rings. The molecule has 2 aliphatic carbocycles. The van der Waals surface area contributed by atoms with Crippen LogP contribution in [-0.2, 0) is 0 Å². The van der Waals surface area contributed by atoms with Gasteiger partial charge in [-0.25, -0.2) is 4.39 Å². The Hall–Kier alpha value is -0.150. The van der Waals surface area contributed by atoms with Crippen molar-refractivity contribution in [1.82, 2.24) is 0 Å². The quantitative estimate of drug-likeness (QED) is 0.815. The number of hydrogen-bond acceptors (Lipinski definition) is 2. The van der Waals surface area contributed by atoms with Crippen LogP contribution in [0.25, 0.3) is 0 Å². The second-order valence-corrected chi connectivity index (χ2v) is 6.15. The van der Waals surface area contributed by atoms with E-state index < -0.39 is 5.67 Å². The van der Waals surface area contributed by atoms with Crippen LogP contribution in [0.4, 0.5) is 4.39 Å². The standard InChI is InChI=1S/C9H16O2.C6H13F/c10-4-8-6-1-2-7(3-6)9(8)5-11;1-4-6(3,7)5-2/h6-11H,1-5H2;4-5H2,1-3H3. The van der Waals surface area contributed by atoms with Gasteiger partial charge in [0.05, 0.1) is 0 Å². The molecule has 18 heavy (non-hydrogen) atoms. The van der Waals surface area contributed by atoms with Crippen LogP contribution in [0, 0.1) is 23.7 Å². The molecule has 108 valence electrons. The second kappa shape index (κ2) is 6.85. The van der Waals surface area contributed by atoms with Crippen LogP contribution >= 0.6 is 0 Å². The zero-order chi connectivity index (χ0) is 13.8. The lowest BCUT2D eigenvalue weighted by Crippen LogP contribution is -2.27. The minimum absolute atomic E-state index is 0.284. The molecule has 4 atom stereocenters. The Kier molecular flexibility index (Phi) is 6.06. The van der Waals surface area contributed by atoms with Crippen molar-refractivity contribution in [3.8, 4) is 0 Å². The Morgan fingerprint density at radius 3 is 1.61 bits per heavy atom. The van der Waals surface area contributed by atoms with Gasteiger partial charge in [0.2, 0.25) is 0 Å². The van der Waals surface area contributed by atoms with Gasteiger partial charge in [-0.05, 0) is 62.7 Å². The third-order valence-corrected chi connectivity index (χ3v) is 5.17. The van der Waals surface area contributed by atoms with E-state index in [4.69, 9.17) is 10.2 Å². The van der Waals surface area contributed by atoms with E-state index in [0.29, 0.717) is 24.7 Å². The summed E-state index contributed by atoms with van der Waals surface area (Å²) in [7, 11) is 0. The van der Waals surface area contributed by atoms with Crippen LogP contribution in [0.2, 0.25) is 0 Å². The summed E-state index contributed by atoms with van der Waals surface area (Å²) in [6.07, 6.45) is 5.09. The van der Waals surface area contributed by atoms with Crippen LogP contribution in [0.5, 0.6) is 0 Å². The van der Waals surface area contributed by atoms with Crippen LogP contribution in [0.3, 0.4) is 0 Å². The Labute approximate surface area is 111 Å². The summed E-state index contributed by atoms with van der Waals surface area (Å²) in [5, 5.41) is 18.2. The highest BCUT2D eigenvalue weighted by Gasteiger charge is 2.46. The summed E-state index contributed by atoms with van der Waals surface area (Å²) in [5.41, 5.74) is -0.917. The number of aliphatic hydroxyl groups is 2. The molecule has 4 unspecified atom stereocenters. The fourth-order valence-electron chi connectivity index (χ4n) is 3.35. The summed E-state index contributed by atoms with van der Waals surface area (Å²) in [6, 6.07) is 0. The number of alkyl halides is 1. The van der Waals surface area contributed by atoms with Gasteiger partial charge in [0.15, 0.2) is 0 Å². The number of aliphatic hydroxyl groups excluding tert-OH is 2. The number of fused-ring (bicyclic) bond motifs is 2. The van der Waals surface area contributed by atoms with E-state index in [-0.39, 0.29) is 13.2 Å². The molecule has 2 rings (SSSR count). The summed E-state index contributed by atoms with van der Waals surface area (Å²) in [4.78, 5) is 0. The minimum atomic E-state index is -0.917. The largest absolute Gasteiger partial charge is 0.396 e. The highest BCUT2D eigenvalue weighted by molar-refractivity contribution is 4.95. The molecule has 0 aromatic rings. The van der Waals surface area contributed by atoms with E-state index in [9.17, 15) is 4.39 Å². The topological polar surface area (TPSA) is 40.5 Å². The van der Waals surface area contributed by atoms with Crippen molar-refractivity contribution < 1.29 is 14.6 Å². The van der Waals surface area contributed by atoms with E-state index in [0.717, 1.165) is 11.8 Å². The molecule has 2 nitrogen and oxygen atoms in total. The SMILES string of the molecule is CCC(C)(F)CC.OCC1C2CCC(C2)C1CO. The lowest BCUT2D eigenvalue weighted by atomic mass is 9.80. The first-order valence-corrected chi connectivity index (χ1v) is 7.39. The van der Waals surface area contributed by atoms with Gasteiger partial charge >= 0.3 is 0 Å². The smallest absolute Gasteiger partial charge is 0.107 e. The zero-order valence-corrected chi connectivity index (χ0v) is 12.0. The molecule has 0 aromatic heterocycles. The molecule has 0 spiro atoms. The molecule has 2 N–H and O–H groups in total. The first-order chi connectivity index (χ1) is 8.49. The molecule has 0 amide bonds. The van der Waals surface area contributed by atoms with Crippen molar-refractivity contribution in [2.24, 2.45) is 23.7 Å². The van der Waals surface area contributed by atoms with Crippen LogP contribution < -0.4 is 0 Å². The Morgan fingerprint density at radius 2 is 1.39 bits per heavy atom. The highest BCUT2D eigenvalue weighted by atomic mass is 19.1. The summed E-state index contributed by atoms with van der Waals surface area (Å²) >= 11 is 0. The molecule has 0 saturated heterocycles. The van der Waals surface area contributed by atoms with Crippen molar-refractivity contribution in [2.75, 3.05) is 13.2 Å². The lowest BCUT2D eigenvalue weighted by molar-refractivity contribution is 0.0791. The number of rotatable bonds is 4.